The van der Waals surface area contributed by atoms with Crippen LogP contribution in [0.5, 0.6) is 0 Å². The SMILES string of the molecule is CC(C)(C)N1CCC(NC(=O)c2ccc(-c3nn[nH]n3)cc2)CC1. The number of hydrogen-bond acceptors (Lipinski definition) is 5. The number of amides is 1. The quantitative estimate of drug-likeness (QED) is 0.898. The van der Waals surface area contributed by atoms with Gasteiger partial charge in [0, 0.05) is 35.8 Å². The molecule has 2 heterocycles. The molecule has 7 nitrogen and oxygen atoms in total. The lowest BCUT2D eigenvalue weighted by atomic mass is 9.98. The van der Waals surface area contributed by atoms with Crippen LogP contribution in [0.2, 0.25) is 0 Å². The first kappa shape index (κ1) is 16.6. The van der Waals surface area contributed by atoms with Crippen molar-refractivity contribution in [3.05, 3.63) is 29.8 Å². The third kappa shape index (κ3) is 3.79. The van der Waals surface area contributed by atoms with Gasteiger partial charge >= 0.3 is 0 Å². The highest BCUT2D eigenvalue weighted by atomic mass is 16.1. The van der Waals surface area contributed by atoms with Gasteiger partial charge in [-0.2, -0.15) is 5.21 Å². The van der Waals surface area contributed by atoms with E-state index in [9.17, 15) is 4.79 Å². The third-order valence-electron chi connectivity index (χ3n) is 4.53. The Morgan fingerprint density at radius 1 is 1.21 bits per heavy atom. The first-order valence-corrected chi connectivity index (χ1v) is 8.33. The van der Waals surface area contributed by atoms with Crippen LogP contribution in [0.1, 0.15) is 44.0 Å². The van der Waals surface area contributed by atoms with Crippen LogP contribution in [0.4, 0.5) is 0 Å². The van der Waals surface area contributed by atoms with Crippen molar-refractivity contribution in [2.75, 3.05) is 13.1 Å². The van der Waals surface area contributed by atoms with Crippen LogP contribution in [0, 0.1) is 0 Å². The highest BCUT2D eigenvalue weighted by Crippen LogP contribution is 2.20. The van der Waals surface area contributed by atoms with E-state index in [-0.39, 0.29) is 17.5 Å². The van der Waals surface area contributed by atoms with Gasteiger partial charge in [-0.3, -0.25) is 9.69 Å². The monoisotopic (exact) mass is 328 g/mol. The fraction of sp³-hybridized carbons (Fsp3) is 0.529. The molecule has 0 unspecified atom stereocenters. The van der Waals surface area contributed by atoms with Crippen molar-refractivity contribution in [3.8, 4) is 11.4 Å². The molecule has 1 aromatic heterocycles. The van der Waals surface area contributed by atoms with E-state index < -0.39 is 0 Å². The van der Waals surface area contributed by atoms with E-state index in [1.165, 1.54) is 0 Å². The number of carbonyl (C=O) groups excluding carboxylic acids is 1. The zero-order valence-corrected chi connectivity index (χ0v) is 14.4. The van der Waals surface area contributed by atoms with Crippen molar-refractivity contribution in [2.24, 2.45) is 0 Å². The number of hydrogen-bond donors (Lipinski definition) is 2. The zero-order valence-electron chi connectivity index (χ0n) is 14.4. The molecule has 1 aliphatic rings. The van der Waals surface area contributed by atoms with Crippen molar-refractivity contribution in [2.45, 2.75) is 45.2 Å². The second-order valence-electron chi connectivity index (χ2n) is 7.22. The second-order valence-corrected chi connectivity index (χ2v) is 7.22. The molecule has 1 aromatic carbocycles. The molecule has 0 radical (unpaired) electrons. The number of aromatic nitrogens is 4. The fourth-order valence-corrected chi connectivity index (χ4v) is 3.02. The molecule has 128 valence electrons. The molecule has 1 amide bonds. The van der Waals surface area contributed by atoms with Crippen LogP contribution in [0.25, 0.3) is 11.4 Å². The molecule has 3 rings (SSSR count). The number of rotatable bonds is 3. The summed E-state index contributed by atoms with van der Waals surface area (Å²) in [6.07, 6.45) is 1.98. The van der Waals surface area contributed by atoms with Crippen LogP contribution in [0.3, 0.4) is 0 Å². The van der Waals surface area contributed by atoms with Crippen LogP contribution in [-0.4, -0.2) is 56.1 Å². The maximum atomic E-state index is 12.4. The lowest BCUT2D eigenvalue weighted by molar-refractivity contribution is 0.0812. The predicted octanol–water partition coefficient (Wildman–Crippen LogP) is 1.86. The summed E-state index contributed by atoms with van der Waals surface area (Å²) >= 11 is 0. The Morgan fingerprint density at radius 2 is 1.88 bits per heavy atom. The molecular formula is C17H24N6O. The Labute approximate surface area is 141 Å². The molecule has 0 bridgehead atoms. The summed E-state index contributed by atoms with van der Waals surface area (Å²) in [6.45, 7) is 8.74. The average Bonchev–Trinajstić information content (AvgIpc) is 3.09. The Balaban J connectivity index is 1.56. The Kier molecular flexibility index (Phi) is 4.62. The van der Waals surface area contributed by atoms with Gasteiger partial charge in [0.2, 0.25) is 5.82 Å². The summed E-state index contributed by atoms with van der Waals surface area (Å²) < 4.78 is 0. The van der Waals surface area contributed by atoms with Crippen molar-refractivity contribution in [1.82, 2.24) is 30.8 Å². The molecule has 7 heteroatoms. The van der Waals surface area contributed by atoms with E-state index in [2.05, 4.69) is 51.6 Å². The van der Waals surface area contributed by atoms with E-state index in [0.29, 0.717) is 11.4 Å². The minimum absolute atomic E-state index is 0.0242. The maximum absolute atomic E-state index is 12.4. The molecule has 1 aliphatic heterocycles. The van der Waals surface area contributed by atoms with E-state index in [1.807, 2.05) is 12.1 Å². The van der Waals surface area contributed by atoms with Crippen molar-refractivity contribution < 1.29 is 4.79 Å². The topological polar surface area (TPSA) is 86.8 Å². The Bertz CT molecular complexity index is 666. The van der Waals surface area contributed by atoms with Gasteiger partial charge in [0.25, 0.3) is 5.91 Å². The Morgan fingerprint density at radius 3 is 2.42 bits per heavy atom. The number of carbonyl (C=O) groups is 1. The Hall–Kier alpha value is -2.28. The van der Waals surface area contributed by atoms with Gasteiger partial charge < -0.3 is 5.32 Å². The number of aromatic amines is 1. The summed E-state index contributed by atoms with van der Waals surface area (Å²) in [7, 11) is 0. The summed E-state index contributed by atoms with van der Waals surface area (Å²) in [5, 5.41) is 17.0. The summed E-state index contributed by atoms with van der Waals surface area (Å²) in [4.78, 5) is 14.9. The normalized spacial score (nSPS) is 17.0. The van der Waals surface area contributed by atoms with Gasteiger partial charge in [-0.25, -0.2) is 0 Å². The largest absolute Gasteiger partial charge is 0.349 e. The summed E-state index contributed by atoms with van der Waals surface area (Å²) in [5.74, 6) is 0.500. The number of likely N-dealkylation sites (tertiary alicyclic amines) is 1. The van der Waals surface area contributed by atoms with E-state index >= 15 is 0 Å². The number of tetrazole rings is 1. The molecule has 24 heavy (non-hydrogen) atoms. The maximum Gasteiger partial charge on any atom is 0.251 e. The average molecular weight is 328 g/mol. The van der Waals surface area contributed by atoms with Crippen molar-refractivity contribution in [3.63, 3.8) is 0 Å². The van der Waals surface area contributed by atoms with E-state index in [0.717, 1.165) is 31.5 Å². The summed E-state index contributed by atoms with van der Waals surface area (Å²) in [6, 6.07) is 7.51. The molecule has 0 aliphatic carbocycles. The number of piperidine rings is 1. The molecule has 2 N–H and O–H groups in total. The van der Waals surface area contributed by atoms with Gasteiger partial charge in [-0.1, -0.05) is 12.1 Å². The minimum Gasteiger partial charge on any atom is -0.349 e. The lowest BCUT2D eigenvalue weighted by Crippen LogP contribution is -2.50. The van der Waals surface area contributed by atoms with Gasteiger partial charge in [0.15, 0.2) is 0 Å². The predicted molar refractivity (Wildman–Crippen MR) is 91.4 cm³/mol. The van der Waals surface area contributed by atoms with Gasteiger partial charge in [-0.15, -0.1) is 10.2 Å². The summed E-state index contributed by atoms with van der Waals surface area (Å²) in [5.41, 5.74) is 1.68. The molecule has 0 atom stereocenters. The van der Waals surface area contributed by atoms with Crippen LogP contribution in [-0.2, 0) is 0 Å². The molecular weight excluding hydrogens is 304 g/mol. The number of nitrogens with one attached hydrogen (secondary N) is 2. The molecule has 0 saturated carbocycles. The molecule has 0 spiro atoms. The zero-order chi connectivity index (χ0) is 17.2. The highest BCUT2D eigenvalue weighted by Gasteiger charge is 2.27. The van der Waals surface area contributed by atoms with Crippen LogP contribution in [0.15, 0.2) is 24.3 Å². The highest BCUT2D eigenvalue weighted by molar-refractivity contribution is 5.94. The van der Waals surface area contributed by atoms with Crippen LogP contribution < -0.4 is 5.32 Å². The van der Waals surface area contributed by atoms with E-state index in [1.54, 1.807) is 12.1 Å². The van der Waals surface area contributed by atoms with Gasteiger partial charge in [-0.05, 0) is 51.0 Å². The number of benzene rings is 1. The molecule has 2 aromatic rings. The smallest absolute Gasteiger partial charge is 0.251 e. The second kappa shape index (κ2) is 6.68. The first-order valence-electron chi connectivity index (χ1n) is 8.33. The van der Waals surface area contributed by atoms with Gasteiger partial charge in [0.1, 0.15) is 0 Å². The lowest BCUT2D eigenvalue weighted by Gasteiger charge is -2.41. The third-order valence-corrected chi connectivity index (χ3v) is 4.53. The minimum atomic E-state index is -0.0242. The van der Waals surface area contributed by atoms with E-state index in [4.69, 9.17) is 0 Å². The number of H-pyrrole nitrogens is 1. The first-order chi connectivity index (χ1) is 11.4. The molecule has 1 fully saturated rings. The van der Waals surface area contributed by atoms with Crippen LogP contribution >= 0.6 is 0 Å². The molecule has 1 saturated heterocycles. The van der Waals surface area contributed by atoms with Gasteiger partial charge in [0.05, 0.1) is 0 Å². The van der Waals surface area contributed by atoms with Crippen molar-refractivity contribution >= 4 is 5.91 Å². The van der Waals surface area contributed by atoms with Crippen molar-refractivity contribution in [1.29, 1.82) is 0 Å². The fourth-order valence-electron chi connectivity index (χ4n) is 3.02. The number of nitrogens with zero attached hydrogens (tertiary/aromatic N) is 4. The standard InChI is InChI=1S/C17H24N6O/c1-17(2,3)23-10-8-14(9-11-23)18-16(24)13-6-4-12(5-7-13)15-19-21-22-20-15/h4-7,14H,8-11H2,1-3H3,(H,18,24)(H,19,20,21,22).